The summed E-state index contributed by atoms with van der Waals surface area (Å²) in [7, 11) is 0. The summed E-state index contributed by atoms with van der Waals surface area (Å²) in [6, 6.07) is 12.1. The zero-order valence-electron chi connectivity index (χ0n) is 11.3. The lowest BCUT2D eigenvalue weighted by Gasteiger charge is -2.27. The van der Waals surface area contributed by atoms with Crippen LogP contribution in [0.2, 0.25) is 0 Å². The van der Waals surface area contributed by atoms with E-state index in [1.54, 1.807) is 12.1 Å². The van der Waals surface area contributed by atoms with E-state index in [0.717, 1.165) is 17.5 Å². The molecule has 3 rings (SSSR count). The molecule has 0 saturated heterocycles. The van der Waals surface area contributed by atoms with E-state index in [0.29, 0.717) is 6.54 Å². The fraction of sp³-hybridized carbons (Fsp3) is 0.250. The van der Waals surface area contributed by atoms with Gasteiger partial charge in [0.05, 0.1) is 0 Å². The summed E-state index contributed by atoms with van der Waals surface area (Å²) in [6.07, 6.45) is 0.826. The molecule has 106 valence electrons. The topological polar surface area (TPSA) is 52.5 Å². The maximum absolute atomic E-state index is 9.60. The van der Waals surface area contributed by atoms with Gasteiger partial charge in [-0.15, -0.1) is 17.0 Å². The molecule has 1 heterocycles. The molecule has 0 amide bonds. The normalized spacial score (nSPS) is 17.1. The summed E-state index contributed by atoms with van der Waals surface area (Å²) < 4.78 is 0. The summed E-state index contributed by atoms with van der Waals surface area (Å²) >= 11 is 0. The van der Waals surface area contributed by atoms with E-state index in [2.05, 4.69) is 36.5 Å². The predicted molar refractivity (Wildman–Crippen MR) is 84.6 cm³/mol. The van der Waals surface area contributed by atoms with Crippen molar-refractivity contribution in [1.82, 2.24) is 5.32 Å². The number of nitrogens with one attached hydrogen (secondary N) is 1. The molecule has 3 N–H and O–H groups in total. The van der Waals surface area contributed by atoms with Crippen LogP contribution in [0.5, 0.6) is 11.5 Å². The van der Waals surface area contributed by atoms with Gasteiger partial charge in [-0.2, -0.15) is 0 Å². The van der Waals surface area contributed by atoms with Crippen molar-refractivity contribution in [2.24, 2.45) is 0 Å². The van der Waals surface area contributed by atoms with Gasteiger partial charge < -0.3 is 15.5 Å². The first-order valence-electron chi connectivity index (χ1n) is 6.47. The van der Waals surface area contributed by atoms with Crippen molar-refractivity contribution in [3.63, 3.8) is 0 Å². The van der Waals surface area contributed by atoms with Crippen LogP contribution in [0.3, 0.4) is 0 Å². The Morgan fingerprint density at radius 2 is 1.60 bits per heavy atom. The molecule has 1 aliphatic heterocycles. The van der Waals surface area contributed by atoms with Crippen molar-refractivity contribution >= 4 is 17.0 Å². The number of phenols is 2. The quantitative estimate of drug-likeness (QED) is 0.700. The highest BCUT2D eigenvalue weighted by Gasteiger charge is 2.20. The van der Waals surface area contributed by atoms with Gasteiger partial charge in [0.1, 0.15) is 0 Å². The Hall–Kier alpha value is -1.52. The lowest BCUT2D eigenvalue weighted by atomic mass is 9.91. The first-order chi connectivity index (χ1) is 9.13. The summed E-state index contributed by atoms with van der Waals surface area (Å²) in [5.41, 5.74) is 4.66. The number of aromatic hydroxyl groups is 2. The van der Waals surface area contributed by atoms with Crippen LogP contribution in [0.4, 0.5) is 0 Å². The number of halogens is 1. The molecular weight excluding hydrogens is 318 g/mol. The lowest BCUT2D eigenvalue weighted by Crippen LogP contribution is -2.28. The van der Waals surface area contributed by atoms with Crippen LogP contribution in [-0.2, 0) is 13.0 Å². The van der Waals surface area contributed by atoms with Gasteiger partial charge in [0.15, 0.2) is 11.5 Å². The zero-order valence-corrected chi connectivity index (χ0v) is 13.0. The molecule has 0 fully saturated rings. The number of hydrogen-bond donors (Lipinski definition) is 3. The molecule has 0 bridgehead atoms. The Kier molecular flexibility index (Phi) is 4.35. The van der Waals surface area contributed by atoms with E-state index >= 15 is 0 Å². The van der Waals surface area contributed by atoms with Crippen LogP contribution in [0, 0.1) is 6.92 Å². The third-order valence-electron chi connectivity index (χ3n) is 3.74. The van der Waals surface area contributed by atoms with E-state index in [-0.39, 0.29) is 34.5 Å². The maximum Gasteiger partial charge on any atom is 0.157 e. The van der Waals surface area contributed by atoms with Crippen LogP contribution in [0.1, 0.15) is 28.3 Å². The van der Waals surface area contributed by atoms with Gasteiger partial charge in [-0.1, -0.05) is 29.8 Å². The zero-order chi connectivity index (χ0) is 13.4. The SMILES string of the molecule is Br.Cc1ccc(C2Cc3cc(O)c(O)cc3CN2)cc1. The van der Waals surface area contributed by atoms with E-state index in [1.807, 2.05) is 0 Å². The first kappa shape index (κ1) is 14.9. The molecule has 0 aromatic heterocycles. The van der Waals surface area contributed by atoms with E-state index in [9.17, 15) is 10.2 Å². The van der Waals surface area contributed by atoms with Crippen molar-refractivity contribution in [2.75, 3.05) is 0 Å². The summed E-state index contributed by atoms with van der Waals surface area (Å²) in [6.45, 7) is 2.79. The molecule has 3 nitrogen and oxygen atoms in total. The maximum atomic E-state index is 9.60. The number of benzene rings is 2. The number of hydrogen-bond acceptors (Lipinski definition) is 3. The van der Waals surface area contributed by atoms with Crippen molar-refractivity contribution in [1.29, 1.82) is 0 Å². The van der Waals surface area contributed by atoms with Crippen molar-refractivity contribution < 1.29 is 10.2 Å². The molecule has 0 aliphatic carbocycles. The average molecular weight is 336 g/mol. The van der Waals surface area contributed by atoms with Gasteiger partial charge in [-0.05, 0) is 42.2 Å². The highest BCUT2D eigenvalue weighted by molar-refractivity contribution is 8.93. The Labute approximate surface area is 129 Å². The number of aryl methyl sites for hydroxylation is 1. The number of phenolic OH excluding ortho intramolecular Hbond substituents is 2. The largest absolute Gasteiger partial charge is 0.504 e. The molecule has 4 heteroatoms. The third-order valence-corrected chi connectivity index (χ3v) is 3.74. The Bertz CT molecular complexity index is 611. The summed E-state index contributed by atoms with van der Waals surface area (Å²) in [4.78, 5) is 0. The summed E-state index contributed by atoms with van der Waals surface area (Å²) in [5.74, 6) is -0.0855. The molecule has 1 unspecified atom stereocenters. The van der Waals surface area contributed by atoms with Crippen LogP contribution < -0.4 is 5.32 Å². The predicted octanol–water partition coefficient (Wildman–Crippen LogP) is 3.37. The second-order valence-electron chi connectivity index (χ2n) is 5.16. The average Bonchev–Trinajstić information content (AvgIpc) is 2.40. The first-order valence-corrected chi connectivity index (χ1v) is 6.47. The number of fused-ring (bicyclic) bond motifs is 1. The molecule has 2 aromatic carbocycles. The molecule has 0 saturated carbocycles. The van der Waals surface area contributed by atoms with Crippen LogP contribution in [-0.4, -0.2) is 10.2 Å². The molecule has 0 radical (unpaired) electrons. The van der Waals surface area contributed by atoms with Crippen LogP contribution in [0.25, 0.3) is 0 Å². The van der Waals surface area contributed by atoms with E-state index < -0.39 is 0 Å². The van der Waals surface area contributed by atoms with Crippen molar-refractivity contribution in [3.8, 4) is 11.5 Å². The van der Waals surface area contributed by atoms with Gasteiger partial charge >= 0.3 is 0 Å². The molecule has 1 atom stereocenters. The minimum atomic E-state index is -0.0469. The fourth-order valence-electron chi connectivity index (χ4n) is 2.58. The smallest absolute Gasteiger partial charge is 0.157 e. The van der Waals surface area contributed by atoms with Gasteiger partial charge in [-0.3, -0.25) is 0 Å². The van der Waals surface area contributed by atoms with Gasteiger partial charge in [0.25, 0.3) is 0 Å². The van der Waals surface area contributed by atoms with Crippen LogP contribution >= 0.6 is 17.0 Å². The van der Waals surface area contributed by atoms with E-state index in [4.69, 9.17) is 0 Å². The number of rotatable bonds is 1. The minimum Gasteiger partial charge on any atom is -0.504 e. The second-order valence-corrected chi connectivity index (χ2v) is 5.16. The molecule has 1 aliphatic rings. The molecular formula is C16H18BrNO2. The monoisotopic (exact) mass is 335 g/mol. The Morgan fingerprint density at radius 1 is 1.00 bits per heavy atom. The summed E-state index contributed by atoms with van der Waals surface area (Å²) in [5, 5.41) is 22.6. The molecule has 20 heavy (non-hydrogen) atoms. The van der Waals surface area contributed by atoms with Gasteiger partial charge in [0, 0.05) is 12.6 Å². The fourth-order valence-corrected chi connectivity index (χ4v) is 2.58. The highest BCUT2D eigenvalue weighted by Crippen LogP contribution is 2.33. The minimum absolute atomic E-state index is 0. The van der Waals surface area contributed by atoms with Crippen molar-refractivity contribution in [3.05, 3.63) is 58.7 Å². The highest BCUT2D eigenvalue weighted by atomic mass is 79.9. The van der Waals surface area contributed by atoms with Gasteiger partial charge in [-0.25, -0.2) is 0 Å². The van der Waals surface area contributed by atoms with Crippen LogP contribution in [0.15, 0.2) is 36.4 Å². The Balaban J connectivity index is 0.00000147. The standard InChI is InChI=1S/C16H17NO2.BrH/c1-10-2-4-11(5-3-10)14-6-12-7-15(18)16(19)8-13(12)9-17-14;/h2-5,7-8,14,17-19H,6,9H2,1H3;1H. The molecule has 2 aromatic rings. The van der Waals surface area contributed by atoms with E-state index in [1.165, 1.54) is 11.1 Å². The lowest BCUT2D eigenvalue weighted by molar-refractivity contribution is 0.399. The van der Waals surface area contributed by atoms with Gasteiger partial charge in [0.2, 0.25) is 0 Å². The Morgan fingerprint density at radius 3 is 2.25 bits per heavy atom. The molecule has 0 spiro atoms. The second kappa shape index (κ2) is 5.85. The van der Waals surface area contributed by atoms with Crippen molar-refractivity contribution in [2.45, 2.75) is 25.9 Å². The third kappa shape index (κ3) is 2.81.